The molecule has 2 rings (SSSR count). The van der Waals surface area contributed by atoms with Gasteiger partial charge in [0.25, 0.3) is 0 Å². The van der Waals surface area contributed by atoms with Crippen LogP contribution in [0.4, 0.5) is 4.39 Å². The van der Waals surface area contributed by atoms with Gasteiger partial charge in [0.15, 0.2) is 0 Å². The van der Waals surface area contributed by atoms with Gasteiger partial charge >= 0.3 is 0 Å². The molecule has 1 aromatic rings. The molecule has 1 amide bonds. The molecular weight excluding hydrogens is 319 g/mol. The van der Waals surface area contributed by atoms with Crippen molar-refractivity contribution in [1.29, 1.82) is 0 Å². The van der Waals surface area contributed by atoms with E-state index >= 15 is 0 Å². The topological polar surface area (TPSA) is 57.7 Å². The van der Waals surface area contributed by atoms with Crippen molar-refractivity contribution < 1.29 is 17.6 Å². The lowest BCUT2D eigenvalue weighted by Gasteiger charge is -2.29. The van der Waals surface area contributed by atoms with Gasteiger partial charge in [-0.2, -0.15) is 4.31 Å². The highest BCUT2D eigenvalue weighted by atomic mass is 32.2. The maximum atomic E-state index is 13.6. The Kier molecular flexibility index (Phi) is 6.12. The molecule has 0 unspecified atom stereocenters. The summed E-state index contributed by atoms with van der Waals surface area (Å²) in [6.07, 6.45) is 4.34. The fourth-order valence-electron chi connectivity index (χ4n) is 2.70. The quantitative estimate of drug-likeness (QED) is 0.790. The van der Waals surface area contributed by atoms with Crippen molar-refractivity contribution in [2.75, 3.05) is 32.4 Å². The number of carbonyl (C=O) groups is 1. The van der Waals surface area contributed by atoms with Gasteiger partial charge < -0.3 is 4.90 Å². The number of rotatable bonds is 6. The Balaban J connectivity index is 2.00. The summed E-state index contributed by atoms with van der Waals surface area (Å²) in [4.78, 5) is 14.0. The summed E-state index contributed by atoms with van der Waals surface area (Å²) >= 11 is 0. The van der Waals surface area contributed by atoms with E-state index in [0.29, 0.717) is 18.7 Å². The van der Waals surface area contributed by atoms with E-state index in [9.17, 15) is 17.6 Å². The maximum absolute atomic E-state index is 13.6. The van der Waals surface area contributed by atoms with E-state index < -0.39 is 10.0 Å². The van der Waals surface area contributed by atoms with Crippen molar-refractivity contribution >= 4 is 15.9 Å². The second-order valence-electron chi connectivity index (χ2n) is 5.88. The summed E-state index contributed by atoms with van der Waals surface area (Å²) in [5.41, 5.74) is 0.451. The van der Waals surface area contributed by atoms with Gasteiger partial charge in [-0.1, -0.05) is 18.2 Å². The summed E-state index contributed by atoms with van der Waals surface area (Å²) in [7, 11) is -3.52. The third-order valence-electron chi connectivity index (χ3n) is 4.08. The van der Waals surface area contributed by atoms with Gasteiger partial charge in [-0.3, -0.25) is 4.79 Å². The van der Waals surface area contributed by atoms with E-state index in [0.717, 1.165) is 29.8 Å². The fourth-order valence-corrected chi connectivity index (χ4v) is 3.47. The first-order chi connectivity index (χ1) is 10.9. The molecule has 0 radical (unpaired) electrons. The van der Waals surface area contributed by atoms with Crippen LogP contribution in [-0.2, 0) is 21.2 Å². The van der Waals surface area contributed by atoms with Crippen LogP contribution in [0.2, 0.25) is 0 Å². The average Bonchev–Trinajstić information content (AvgIpc) is 2.52. The number of piperidine rings is 1. The Hall–Kier alpha value is -1.47. The van der Waals surface area contributed by atoms with Gasteiger partial charge in [-0.15, -0.1) is 0 Å². The molecule has 23 heavy (non-hydrogen) atoms. The minimum atomic E-state index is -3.52. The number of nitrogens with zero attached hydrogens (tertiary/aromatic N) is 2. The molecule has 128 valence electrons. The van der Waals surface area contributed by atoms with Crippen molar-refractivity contribution in [2.24, 2.45) is 0 Å². The first kappa shape index (κ1) is 17.9. The maximum Gasteiger partial charge on any atom is 0.237 e. The number of amides is 1. The fraction of sp³-hybridized carbons (Fsp3) is 0.562. The van der Waals surface area contributed by atoms with Crippen molar-refractivity contribution in [3.8, 4) is 0 Å². The smallest absolute Gasteiger partial charge is 0.237 e. The Morgan fingerprint density at radius 2 is 1.87 bits per heavy atom. The van der Waals surface area contributed by atoms with Crippen molar-refractivity contribution in [3.05, 3.63) is 35.6 Å². The van der Waals surface area contributed by atoms with Gasteiger partial charge in [-0.25, -0.2) is 12.8 Å². The van der Waals surface area contributed by atoms with Gasteiger partial charge in [0.1, 0.15) is 5.82 Å². The third kappa shape index (κ3) is 5.28. The van der Waals surface area contributed by atoms with Crippen molar-refractivity contribution in [1.82, 2.24) is 9.21 Å². The molecule has 1 fully saturated rings. The molecule has 0 bridgehead atoms. The zero-order valence-corrected chi connectivity index (χ0v) is 14.2. The number of benzene rings is 1. The highest BCUT2D eigenvalue weighted by molar-refractivity contribution is 7.88. The van der Waals surface area contributed by atoms with Gasteiger partial charge in [0, 0.05) is 19.6 Å². The van der Waals surface area contributed by atoms with Crippen LogP contribution in [0.15, 0.2) is 24.3 Å². The molecule has 0 atom stereocenters. The molecule has 0 aliphatic carbocycles. The van der Waals surface area contributed by atoms with Crippen LogP contribution >= 0.6 is 0 Å². The average molecular weight is 342 g/mol. The summed E-state index contributed by atoms with van der Waals surface area (Å²) in [5, 5.41) is 0. The predicted molar refractivity (Wildman–Crippen MR) is 87.0 cm³/mol. The van der Waals surface area contributed by atoms with Crippen LogP contribution < -0.4 is 0 Å². The minimum Gasteiger partial charge on any atom is -0.342 e. The van der Waals surface area contributed by atoms with Crippen LogP contribution in [-0.4, -0.2) is 56.0 Å². The molecule has 0 spiro atoms. The number of hydrogen-bond donors (Lipinski definition) is 0. The van der Waals surface area contributed by atoms with Gasteiger partial charge in [0.05, 0.1) is 12.8 Å². The first-order valence-corrected chi connectivity index (χ1v) is 9.69. The SMILES string of the molecule is CS(=O)(=O)N(CCc1ccccc1F)CC(=O)N1CCCCC1. The Morgan fingerprint density at radius 3 is 2.48 bits per heavy atom. The molecule has 0 N–H and O–H groups in total. The molecule has 0 aromatic heterocycles. The van der Waals surface area contributed by atoms with E-state index in [1.807, 2.05) is 0 Å². The number of likely N-dealkylation sites (tertiary alicyclic amines) is 1. The summed E-state index contributed by atoms with van der Waals surface area (Å²) in [6.45, 7) is 1.29. The van der Waals surface area contributed by atoms with Crippen LogP contribution in [0.5, 0.6) is 0 Å². The van der Waals surface area contributed by atoms with Gasteiger partial charge in [-0.05, 0) is 37.3 Å². The van der Waals surface area contributed by atoms with Crippen molar-refractivity contribution in [3.63, 3.8) is 0 Å². The Labute approximate surface area is 137 Å². The number of hydrogen-bond acceptors (Lipinski definition) is 3. The van der Waals surface area contributed by atoms with E-state index in [2.05, 4.69) is 0 Å². The molecule has 1 saturated heterocycles. The lowest BCUT2D eigenvalue weighted by atomic mass is 10.1. The zero-order valence-electron chi connectivity index (χ0n) is 13.4. The first-order valence-electron chi connectivity index (χ1n) is 7.84. The molecule has 7 heteroatoms. The van der Waals surface area contributed by atoms with Crippen LogP contribution in [0.1, 0.15) is 24.8 Å². The van der Waals surface area contributed by atoms with Crippen LogP contribution in [0.3, 0.4) is 0 Å². The lowest BCUT2D eigenvalue weighted by molar-refractivity contribution is -0.132. The van der Waals surface area contributed by atoms with Crippen LogP contribution in [0, 0.1) is 5.82 Å². The van der Waals surface area contributed by atoms with E-state index in [1.54, 1.807) is 23.1 Å². The van der Waals surface area contributed by atoms with E-state index in [1.165, 1.54) is 6.07 Å². The molecular formula is C16H23FN2O3S. The predicted octanol–water partition coefficient (Wildman–Crippen LogP) is 1.64. The highest BCUT2D eigenvalue weighted by Gasteiger charge is 2.24. The second kappa shape index (κ2) is 7.88. The van der Waals surface area contributed by atoms with Gasteiger partial charge in [0.2, 0.25) is 15.9 Å². The number of halogens is 1. The molecule has 1 aliphatic heterocycles. The highest BCUT2D eigenvalue weighted by Crippen LogP contribution is 2.12. The molecule has 1 aliphatic rings. The standard InChI is InChI=1S/C16H23FN2O3S/c1-23(21,22)19(12-9-14-7-3-4-8-15(14)17)13-16(20)18-10-5-2-6-11-18/h3-4,7-8H,2,5-6,9-13H2,1H3. The number of sulfonamides is 1. The Morgan fingerprint density at radius 1 is 1.22 bits per heavy atom. The normalized spacial score (nSPS) is 15.9. The zero-order chi connectivity index (χ0) is 16.9. The lowest BCUT2D eigenvalue weighted by Crippen LogP contribution is -2.45. The summed E-state index contributed by atoms with van der Waals surface area (Å²) < 4.78 is 38.6. The Bertz CT molecular complexity index is 642. The van der Waals surface area contributed by atoms with Crippen LogP contribution in [0.25, 0.3) is 0 Å². The largest absolute Gasteiger partial charge is 0.342 e. The minimum absolute atomic E-state index is 0.0966. The third-order valence-corrected chi connectivity index (χ3v) is 5.33. The van der Waals surface area contributed by atoms with E-state index in [4.69, 9.17) is 0 Å². The summed E-state index contributed by atoms with van der Waals surface area (Å²) in [6, 6.07) is 6.27. The van der Waals surface area contributed by atoms with Crippen molar-refractivity contribution in [2.45, 2.75) is 25.7 Å². The molecule has 5 nitrogen and oxygen atoms in total. The second-order valence-corrected chi connectivity index (χ2v) is 7.86. The molecule has 0 saturated carbocycles. The monoisotopic (exact) mass is 342 g/mol. The van der Waals surface area contributed by atoms with E-state index in [-0.39, 0.29) is 31.2 Å². The molecule has 1 heterocycles. The summed E-state index contributed by atoms with van der Waals surface area (Å²) in [5.74, 6) is -0.535. The number of carbonyl (C=O) groups excluding carboxylic acids is 1. The molecule has 1 aromatic carbocycles.